The van der Waals surface area contributed by atoms with Crippen LogP contribution >= 0.6 is 47.4 Å². The number of amidine groups is 1. The minimum atomic E-state index is -0.0219. The van der Waals surface area contributed by atoms with Gasteiger partial charge in [0.1, 0.15) is 0 Å². The zero-order chi connectivity index (χ0) is 18.5. The third-order valence-electron chi connectivity index (χ3n) is 4.87. The van der Waals surface area contributed by atoms with Gasteiger partial charge in [0.15, 0.2) is 5.17 Å². The van der Waals surface area contributed by atoms with E-state index in [0.29, 0.717) is 28.2 Å². The van der Waals surface area contributed by atoms with Crippen LogP contribution in [0.2, 0.25) is 10.0 Å². The van der Waals surface area contributed by atoms with E-state index in [0.717, 1.165) is 17.5 Å². The van der Waals surface area contributed by atoms with E-state index in [9.17, 15) is 4.79 Å². The molecule has 1 unspecified atom stereocenters. The maximum Gasteiger partial charge on any atom is 0.226 e. The molecule has 1 aromatic rings. The molecule has 27 heavy (non-hydrogen) atoms. The summed E-state index contributed by atoms with van der Waals surface area (Å²) in [5.41, 5.74) is 0.636. The molecule has 0 bridgehead atoms. The molecule has 8 heteroatoms. The van der Waals surface area contributed by atoms with E-state index in [1.807, 2.05) is 0 Å². The number of halogens is 3. The summed E-state index contributed by atoms with van der Waals surface area (Å²) in [7, 11) is 0. The Morgan fingerprint density at radius 1 is 1.22 bits per heavy atom. The van der Waals surface area contributed by atoms with Gasteiger partial charge in [0, 0.05) is 40.5 Å². The van der Waals surface area contributed by atoms with E-state index in [4.69, 9.17) is 28.2 Å². The highest BCUT2D eigenvalue weighted by molar-refractivity contribution is 8.14. The molecule has 3 rings (SSSR count). The highest BCUT2D eigenvalue weighted by Crippen LogP contribution is 2.30. The first-order valence-corrected chi connectivity index (χ1v) is 11.0. The van der Waals surface area contributed by atoms with Crippen LogP contribution in [0.5, 0.6) is 0 Å². The van der Waals surface area contributed by atoms with E-state index < -0.39 is 0 Å². The summed E-state index contributed by atoms with van der Waals surface area (Å²) in [5.74, 6) is 0.884. The number of rotatable bonds is 5. The minimum absolute atomic E-state index is 0. The van der Waals surface area contributed by atoms with Crippen molar-refractivity contribution in [3.05, 3.63) is 28.2 Å². The molecule has 2 fully saturated rings. The van der Waals surface area contributed by atoms with Crippen molar-refractivity contribution in [2.75, 3.05) is 17.6 Å². The molecule has 1 N–H and O–H groups in total. The van der Waals surface area contributed by atoms with Crippen LogP contribution in [0.15, 0.2) is 23.2 Å². The van der Waals surface area contributed by atoms with Crippen molar-refractivity contribution >= 4 is 64.1 Å². The van der Waals surface area contributed by atoms with E-state index >= 15 is 0 Å². The summed E-state index contributed by atoms with van der Waals surface area (Å²) in [6, 6.07) is 5.72. The van der Waals surface area contributed by atoms with E-state index in [2.05, 4.69) is 17.1 Å². The lowest BCUT2D eigenvalue weighted by molar-refractivity contribution is -0.116. The summed E-state index contributed by atoms with van der Waals surface area (Å²) in [6.45, 7) is 3.00. The molecule has 0 radical (unpaired) electrons. The van der Waals surface area contributed by atoms with Gasteiger partial charge in [0.25, 0.3) is 0 Å². The average molecular weight is 451 g/mol. The van der Waals surface area contributed by atoms with Gasteiger partial charge in [0.05, 0.1) is 6.04 Å². The fraction of sp³-hybridized carbons (Fsp3) is 0.579. The lowest BCUT2D eigenvalue weighted by Gasteiger charge is -2.26. The zero-order valence-corrected chi connectivity index (χ0v) is 18.6. The normalized spacial score (nSPS) is 22.0. The monoisotopic (exact) mass is 449 g/mol. The largest absolute Gasteiger partial charge is 0.347 e. The van der Waals surface area contributed by atoms with Gasteiger partial charge in [-0.3, -0.25) is 9.79 Å². The summed E-state index contributed by atoms with van der Waals surface area (Å²) in [5, 5.41) is 5.05. The lowest BCUT2D eigenvalue weighted by atomic mass is 9.96. The molecule has 1 heterocycles. The summed E-state index contributed by atoms with van der Waals surface area (Å²) >= 11 is 13.8. The van der Waals surface area contributed by atoms with E-state index in [-0.39, 0.29) is 24.4 Å². The Kier molecular flexibility index (Phi) is 9.06. The highest BCUT2D eigenvalue weighted by atomic mass is 35.5. The molecule has 1 saturated heterocycles. The van der Waals surface area contributed by atoms with Crippen molar-refractivity contribution in [1.29, 1.82) is 0 Å². The van der Waals surface area contributed by atoms with Crippen LogP contribution in [0.1, 0.15) is 45.4 Å². The molecule has 150 valence electrons. The first-order chi connectivity index (χ1) is 12.5. The Hall–Kier alpha value is -0.620. The Morgan fingerprint density at radius 2 is 1.89 bits per heavy atom. The number of nitrogens with one attached hydrogen (secondary N) is 1. The first kappa shape index (κ1) is 22.7. The maximum atomic E-state index is 12.5. The first-order valence-electron chi connectivity index (χ1n) is 9.28. The minimum Gasteiger partial charge on any atom is -0.347 e. The number of hydrogen-bond donors (Lipinski definition) is 1. The SMILES string of the molecule is CCN1/C(=N/C2CCCCC2)SCC1CC(=O)Nc1cc(Cl)cc(Cl)c1.Cl. The zero-order valence-electron chi connectivity index (χ0n) is 15.4. The summed E-state index contributed by atoms with van der Waals surface area (Å²) in [4.78, 5) is 19.7. The predicted octanol–water partition coefficient (Wildman–Crippen LogP) is 5.87. The van der Waals surface area contributed by atoms with Gasteiger partial charge in [-0.05, 0) is 38.0 Å². The van der Waals surface area contributed by atoms with Crippen molar-refractivity contribution in [2.45, 2.75) is 57.5 Å². The van der Waals surface area contributed by atoms with Crippen molar-refractivity contribution in [3.63, 3.8) is 0 Å². The van der Waals surface area contributed by atoms with Gasteiger partial charge >= 0.3 is 0 Å². The number of aliphatic imine (C=N–C) groups is 1. The molecular weight excluding hydrogens is 425 g/mol. The number of amides is 1. The molecule has 0 aromatic heterocycles. The number of thioether (sulfide) groups is 1. The van der Waals surface area contributed by atoms with Gasteiger partial charge in [0.2, 0.25) is 5.91 Å². The smallest absolute Gasteiger partial charge is 0.226 e. The molecule has 1 aliphatic carbocycles. The molecule has 1 aliphatic heterocycles. The Bertz CT molecular complexity index is 660. The van der Waals surface area contributed by atoms with Crippen LogP contribution in [-0.2, 0) is 4.79 Å². The second-order valence-electron chi connectivity index (χ2n) is 6.86. The van der Waals surface area contributed by atoms with Crippen molar-refractivity contribution in [2.24, 2.45) is 4.99 Å². The molecule has 1 saturated carbocycles. The number of carbonyl (C=O) groups excluding carboxylic acids is 1. The molecule has 1 aromatic carbocycles. The van der Waals surface area contributed by atoms with Crippen LogP contribution in [-0.4, -0.2) is 40.4 Å². The van der Waals surface area contributed by atoms with Crippen molar-refractivity contribution in [3.8, 4) is 0 Å². The van der Waals surface area contributed by atoms with Gasteiger partial charge in [-0.15, -0.1) is 12.4 Å². The Balaban J connectivity index is 0.00000261. The van der Waals surface area contributed by atoms with E-state index in [1.165, 1.54) is 32.1 Å². The summed E-state index contributed by atoms with van der Waals surface area (Å²) in [6.07, 6.45) is 6.74. The third kappa shape index (κ3) is 6.45. The van der Waals surface area contributed by atoms with Crippen LogP contribution < -0.4 is 5.32 Å². The fourth-order valence-corrected chi connectivity index (χ4v) is 5.43. The van der Waals surface area contributed by atoms with Gasteiger partial charge in [-0.2, -0.15) is 0 Å². The molecule has 4 nitrogen and oxygen atoms in total. The molecule has 0 spiro atoms. The number of carbonyl (C=O) groups is 1. The number of benzene rings is 1. The second-order valence-corrected chi connectivity index (χ2v) is 8.72. The van der Waals surface area contributed by atoms with Crippen LogP contribution in [0, 0.1) is 0 Å². The van der Waals surface area contributed by atoms with E-state index in [1.54, 1.807) is 30.0 Å². The van der Waals surface area contributed by atoms with Gasteiger partial charge in [-0.25, -0.2) is 0 Å². The van der Waals surface area contributed by atoms with Gasteiger partial charge < -0.3 is 10.2 Å². The maximum absolute atomic E-state index is 12.5. The molecule has 1 atom stereocenters. The number of hydrogen-bond acceptors (Lipinski definition) is 3. The highest BCUT2D eigenvalue weighted by Gasteiger charge is 2.31. The predicted molar refractivity (Wildman–Crippen MR) is 120 cm³/mol. The Labute approximate surface area is 181 Å². The number of nitrogens with zero attached hydrogens (tertiary/aromatic N) is 2. The molecule has 2 aliphatic rings. The summed E-state index contributed by atoms with van der Waals surface area (Å²) < 4.78 is 0. The molecule has 1 amide bonds. The van der Waals surface area contributed by atoms with Crippen LogP contribution in [0.25, 0.3) is 0 Å². The van der Waals surface area contributed by atoms with Crippen molar-refractivity contribution < 1.29 is 4.79 Å². The van der Waals surface area contributed by atoms with Crippen molar-refractivity contribution in [1.82, 2.24) is 4.90 Å². The third-order valence-corrected chi connectivity index (χ3v) is 6.45. The fourth-order valence-electron chi connectivity index (χ4n) is 3.59. The van der Waals surface area contributed by atoms with Crippen LogP contribution in [0.3, 0.4) is 0 Å². The number of anilines is 1. The standard InChI is InChI=1S/C19H25Cl2N3OS.ClH/c1-2-24-17(12-26-19(24)23-15-6-4-3-5-7-15)11-18(25)22-16-9-13(20)8-14(21)10-16;/h8-10,15,17H,2-7,11-12H2,1H3,(H,22,25);1H/b23-19-;. The quantitative estimate of drug-likeness (QED) is 0.610. The second kappa shape index (κ2) is 10.8. The van der Waals surface area contributed by atoms with Gasteiger partial charge in [-0.1, -0.05) is 54.2 Å². The average Bonchev–Trinajstić information content (AvgIpc) is 2.96. The Morgan fingerprint density at radius 3 is 2.52 bits per heavy atom. The topological polar surface area (TPSA) is 44.7 Å². The van der Waals surface area contributed by atoms with Crippen LogP contribution in [0.4, 0.5) is 5.69 Å². The lowest BCUT2D eigenvalue weighted by Crippen LogP contribution is -2.37. The molecular formula is C19H26Cl3N3OS.